The van der Waals surface area contributed by atoms with Crippen molar-refractivity contribution in [3.63, 3.8) is 0 Å². The summed E-state index contributed by atoms with van der Waals surface area (Å²) in [5.41, 5.74) is 2.57. The van der Waals surface area contributed by atoms with Gasteiger partial charge in [0.25, 0.3) is 0 Å². The van der Waals surface area contributed by atoms with Gasteiger partial charge in [-0.3, -0.25) is 9.58 Å². The van der Waals surface area contributed by atoms with Crippen LogP contribution in [0.25, 0.3) is 0 Å². The summed E-state index contributed by atoms with van der Waals surface area (Å²) in [6, 6.07) is 6.17. The number of aromatic nitrogens is 2. The minimum atomic E-state index is 0.528. The Hall–Kier alpha value is -2.01. The lowest BCUT2D eigenvalue weighted by molar-refractivity contribution is 0.326. The molecular weight excluding hydrogens is 278 g/mol. The van der Waals surface area contributed by atoms with E-state index in [0.29, 0.717) is 5.92 Å². The third kappa shape index (κ3) is 3.25. The molecule has 1 aliphatic rings. The van der Waals surface area contributed by atoms with E-state index in [0.717, 1.165) is 37.6 Å². The highest BCUT2D eigenvalue weighted by atomic mass is 16.5. The third-order valence-electron chi connectivity index (χ3n) is 4.28. The number of likely N-dealkylation sites (tertiary alicyclic amines) is 1. The second-order valence-electron chi connectivity index (χ2n) is 5.89. The van der Waals surface area contributed by atoms with Crippen molar-refractivity contribution in [1.29, 1.82) is 0 Å². The Morgan fingerprint density at radius 2 is 1.91 bits per heavy atom. The highest BCUT2D eigenvalue weighted by Crippen LogP contribution is 2.33. The molecule has 1 saturated heterocycles. The number of hydrogen-bond donors (Lipinski definition) is 0. The first-order valence-corrected chi connectivity index (χ1v) is 7.61. The Kier molecular flexibility index (Phi) is 4.34. The number of hydrogen-bond acceptors (Lipinski definition) is 4. The minimum Gasteiger partial charge on any atom is -0.497 e. The molecule has 0 spiro atoms. The second kappa shape index (κ2) is 6.40. The predicted molar refractivity (Wildman–Crippen MR) is 85.4 cm³/mol. The largest absolute Gasteiger partial charge is 0.497 e. The van der Waals surface area contributed by atoms with Gasteiger partial charge in [0.1, 0.15) is 11.5 Å². The van der Waals surface area contributed by atoms with Crippen molar-refractivity contribution < 1.29 is 9.47 Å². The summed E-state index contributed by atoms with van der Waals surface area (Å²) in [5.74, 6) is 2.25. The van der Waals surface area contributed by atoms with Gasteiger partial charge in [0, 0.05) is 38.0 Å². The molecule has 118 valence electrons. The van der Waals surface area contributed by atoms with Crippen LogP contribution in [0.1, 0.15) is 23.5 Å². The van der Waals surface area contributed by atoms with Gasteiger partial charge in [-0.2, -0.15) is 5.10 Å². The molecule has 1 unspecified atom stereocenters. The van der Waals surface area contributed by atoms with Crippen LogP contribution in [0, 0.1) is 0 Å². The maximum Gasteiger partial charge on any atom is 0.122 e. The zero-order chi connectivity index (χ0) is 15.5. The van der Waals surface area contributed by atoms with Gasteiger partial charge in [0.15, 0.2) is 0 Å². The topological polar surface area (TPSA) is 39.5 Å². The quantitative estimate of drug-likeness (QED) is 0.850. The van der Waals surface area contributed by atoms with Crippen LogP contribution < -0.4 is 9.47 Å². The van der Waals surface area contributed by atoms with E-state index in [1.807, 2.05) is 24.0 Å². The van der Waals surface area contributed by atoms with Gasteiger partial charge in [-0.05, 0) is 36.6 Å². The monoisotopic (exact) mass is 301 g/mol. The second-order valence-corrected chi connectivity index (χ2v) is 5.89. The molecule has 0 amide bonds. The summed E-state index contributed by atoms with van der Waals surface area (Å²) in [6.07, 6.45) is 5.19. The predicted octanol–water partition coefficient (Wildman–Crippen LogP) is 2.43. The summed E-state index contributed by atoms with van der Waals surface area (Å²) in [6.45, 7) is 3.13. The highest BCUT2D eigenvalue weighted by molar-refractivity contribution is 5.40. The van der Waals surface area contributed by atoms with Crippen LogP contribution in [-0.2, 0) is 13.6 Å². The normalized spacial score (nSPS) is 18.6. The number of benzene rings is 1. The summed E-state index contributed by atoms with van der Waals surface area (Å²) in [5, 5.41) is 4.24. The zero-order valence-corrected chi connectivity index (χ0v) is 13.5. The van der Waals surface area contributed by atoms with Crippen LogP contribution >= 0.6 is 0 Å². The van der Waals surface area contributed by atoms with Crippen LogP contribution in [0.2, 0.25) is 0 Å². The SMILES string of the molecule is COc1cc(OC)cc(C2CCN(Cc3cnn(C)c3)C2)c1. The first kappa shape index (κ1) is 14.9. The van der Waals surface area contributed by atoms with E-state index in [2.05, 4.69) is 28.3 Å². The molecular formula is C17H23N3O2. The number of aryl methyl sites for hydroxylation is 1. The lowest BCUT2D eigenvalue weighted by Gasteiger charge is -2.16. The molecule has 5 nitrogen and oxygen atoms in total. The van der Waals surface area contributed by atoms with Gasteiger partial charge in [-0.25, -0.2) is 0 Å². The molecule has 0 N–H and O–H groups in total. The zero-order valence-electron chi connectivity index (χ0n) is 13.5. The molecule has 5 heteroatoms. The van der Waals surface area contributed by atoms with Crippen molar-refractivity contribution in [2.24, 2.45) is 7.05 Å². The van der Waals surface area contributed by atoms with E-state index < -0.39 is 0 Å². The molecule has 1 atom stereocenters. The first-order valence-electron chi connectivity index (χ1n) is 7.61. The number of nitrogens with zero attached hydrogens (tertiary/aromatic N) is 3. The summed E-state index contributed by atoms with van der Waals surface area (Å²) in [4.78, 5) is 2.48. The van der Waals surface area contributed by atoms with Crippen LogP contribution in [0.5, 0.6) is 11.5 Å². The van der Waals surface area contributed by atoms with Crippen molar-refractivity contribution in [3.8, 4) is 11.5 Å². The van der Waals surface area contributed by atoms with Crippen LogP contribution in [0.3, 0.4) is 0 Å². The average molecular weight is 301 g/mol. The fourth-order valence-corrected chi connectivity index (χ4v) is 3.13. The van der Waals surface area contributed by atoms with Gasteiger partial charge in [0.05, 0.1) is 20.4 Å². The fourth-order valence-electron chi connectivity index (χ4n) is 3.13. The van der Waals surface area contributed by atoms with E-state index in [4.69, 9.17) is 9.47 Å². The molecule has 1 aliphatic heterocycles. The Morgan fingerprint density at radius 1 is 1.18 bits per heavy atom. The van der Waals surface area contributed by atoms with Gasteiger partial charge in [0.2, 0.25) is 0 Å². The molecule has 2 heterocycles. The molecule has 1 aromatic heterocycles. The van der Waals surface area contributed by atoms with E-state index in [-0.39, 0.29) is 0 Å². The summed E-state index contributed by atoms with van der Waals surface area (Å²) >= 11 is 0. The van der Waals surface area contributed by atoms with Crippen molar-refractivity contribution >= 4 is 0 Å². The lowest BCUT2D eigenvalue weighted by Crippen LogP contribution is -2.19. The maximum absolute atomic E-state index is 5.38. The van der Waals surface area contributed by atoms with Gasteiger partial charge in [-0.15, -0.1) is 0 Å². The molecule has 0 aliphatic carbocycles. The van der Waals surface area contributed by atoms with Crippen LogP contribution in [0.15, 0.2) is 30.6 Å². The Labute approximate surface area is 131 Å². The van der Waals surface area contributed by atoms with Crippen molar-refractivity contribution in [2.75, 3.05) is 27.3 Å². The number of methoxy groups -OCH3 is 2. The fraction of sp³-hybridized carbons (Fsp3) is 0.471. The molecule has 1 aromatic carbocycles. The smallest absolute Gasteiger partial charge is 0.122 e. The van der Waals surface area contributed by atoms with Crippen LogP contribution in [0.4, 0.5) is 0 Å². The number of rotatable bonds is 5. The molecule has 0 saturated carbocycles. The van der Waals surface area contributed by atoms with E-state index in [1.54, 1.807) is 14.2 Å². The highest BCUT2D eigenvalue weighted by Gasteiger charge is 2.25. The van der Waals surface area contributed by atoms with E-state index in [1.165, 1.54) is 11.1 Å². The van der Waals surface area contributed by atoms with Crippen molar-refractivity contribution in [2.45, 2.75) is 18.9 Å². The van der Waals surface area contributed by atoms with Crippen molar-refractivity contribution in [3.05, 3.63) is 41.7 Å². The maximum atomic E-state index is 5.38. The van der Waals surface area contributed by atoms with Crippen LogP contribution in [-0.4, -0.2) is 42.0 Å². The van der Waals surface area contributed by atoms with E-state index >= 15 is 0 Å². The molecule has 1 fully saturated rings. The minimum absolute atomic E-state index is 0.528. The van der Waals surface area contributed by atoms with E-state index in [9.17, 15) is 0 Å². The Balaban J connectivity index is 1.69. The molecule has 3 rings (SSSR count). The number of ether oxygens (including phenoxy) is 2. The standard InChI is InChI=1S/C17H23N3O2/c1-19-10-13(9-18-19)11-20-5-4-14(12-20)15-6-16(21-2)8-17(7-15)22-3/h6-10,14H,4-5,11-12H2,1-3H3. The molecule has 0 radical (unpaired) electrons. The molecule has 2 aromatic rings. The van der Waals surface area contributed by atoms with Gasteiger partial charge in [-0.1, -0.05) is 0 Å². The van der Waals surface area contributed by atoms with Crippen molar-refractivity contribution in [1.82, 2.24) is 14.7 Å². The van der Waals surface area contributed by atoms with Gasteiger partial charge >= 0.3 is 0 Å². The Bertz CT molecular complexity index is 616. The van der Waals surface area contributed by atoms with Gasteiger partial charge < -0.3 is 9.47 Å². The average Bonchev–Trinajstić information content (AvgIpc) is 3.16. The third-order valence-corrected chi connectivity index (χ3v) is 4.28. The lowest BCUT2D eigenvalue weighted by atomic mass is 9.98. The Morgan fingerprint density at radius 3 is 2.50 bits per heavy atom. The summed E-state index contributed by atoms with van der Waals surface area (Å²) < 4.78 is 12.6. The first-order chi connectivity index (χ1) is 10.7. The molecule has 22 heavy (non-hydrogen) atoms. The molecule has 0 bridgehead atoms. The summed E-state index contributed by atoms with van der Waals surface area (Å²) in [7, 11) is 5.35.